The Morgan fingerprint density at radius 1 is 0.833 bits per heavy atom. The summed E-state index contributed by atoms with van der Waals surface area (Å²) in [6, 6.07) is 7.34. The van der Waals surface area contributed by atoms with Crippen molar-refractivity contribution in [2.45, 2.75) is 69.1 Å². The van der Waals surface area contributed by atoms with E-state index in [1.807, 2.05) is 39.8 Å². The summed E-state index contributed by atoms with van der Waals surface area (Å²) in [6.07, 6.45) is 0. The average Bonchev–Trinajstić information content (AvgIpc) is 2.60. The molecule has 166 valence electrons. The predicted molar refractivity (Wildman–Crippen MR) is 125 cm³/mol. The minimum absolute atomic E-state index is 0.000323. The third-order valence-electron chi connectivity index (χ3n) is 4.73. The summed E-state index contributed by atoms with van der Waals surface area (Å²) in [6.45, 7) is 11.9. The third-order valence-corrected chi connectivity index (χ3v) is 7.79. The van der Waals surface area contributed by atoms with E-state index < -0.39 is 20.2 Å². The van der Waals surface area contributed by atoms with Gasteiger partial charge in [0.05, 0.1) is 8.47 Å². The molecular weight excluding hydrogens is 539 g/mol. The van der Waals surface area contributed by atoms with Gasteiger partial charge in [-0.3, -0.25) is 4.55 Å². The van der Waals surface area contributed by atoms with E-state index in [2.05, 4.69) is 13.8 Å². The van der Waals surface area contributed by atoms with Crippen molar-refractivity contribution in [2.75, 3.05) is 0 Å². The Bertz CT molecular complexity index is 1120. The van der Waals surface area contributed by atoms with Gasteiger partial charge in [-0.25, -0.2) is 0 Å². The highest BCUT2D eigenvalue weighted by atomic mass is 127. The van der Waals surface area contributed by atoms with Crippen molar-refractivity contribution in [1.82, 2.24) is 0 Å². The van der Waals surface area contributed by atoms with Crippen molar-refractivity contribution in [3.63, 3.8) is 0 Å². The highest BCUT2D eigenvalue weighted by Gasteiger charge is 2.29. The quantitative estimate of drug-likeness (QED) is 0.263. The summed E-state index contributed by atoms with van der Waals surface area (Å²) in [5, 5.41) is 0. The molecule has 1 N–H and O–H groups in total. The molecule has 2 rings (SSSR count). The van der Waals surface area contributed by atoms with Crippen LogP contribution in [0.3, 0.4) is 0 Å². The highest BCUT2D eigenvalue weighted by Crippen LogP contribution is 2.37. The van der Waals surface area contributed by atoms with Crippen molar-refractivity contribution in [2.24, 2.45) is 0 Å². The molecule has 0 aromatic heterocycles. The normalized spacial score (nSPS) is 12.8. The Labute approximate surface area is 193 Å². The molecule has 0 saturated carbocycles. The van der Waals surface area contributed by atoms with Gasteiger partial charge in [-0.15, -0.1) is 0 Å². The standard InChI is InChI=1S/C21H27IO6S2/c1-12(2)15-9-17(13(3)4)21(18(10-15)14(5)6)30(26,27)28-20-8-7-16(11-19(20)22)29(23,24)25/h7-14H,1-6H3,(H,23,24,25). The van der Waals surface area contributed by atoms with Crippen molar-refractivity contribution in [3.05, 3.63) is 50.6 Å². The van der Waals surface area contributed by atoms with E-state index in [1.54, 1.807) is 22.6 Å². The van der Waals surface area contributed by atoms with Crippen molar-refractivity contribution >= 4 is 42.8 Å². The molecule has 2 aromatic carbocycles. The summed E-state index contributed by atoms with van der Waals surface area (Å²) in [5.41, 5.74) is 2.44. The Morgan fingerprint density at radius 3 is 1.70 bits per heavy atom. The molecule has 9 heteroatoms. The van der Waals surface area contributed by atoms with Gasteiger partial charge < -0.3 is 4.18 Å². The van der Waals surface area contributed by atoms with Crippen LogP contribution in [0.1, 0.15) is 76.0 Å². The zero-order chi connectivity index (χ0) is 23.0. The first-order valence-electron chi connectivity index (χ1n) is 9.54. The maximum Gasteiger partial charge on any atom is 0.339 e. The predicted octanol–water partition coefficient (Wildman–Crippen LogP) is 5.68. The first-order valence-corrected chi connectivity index (χ1v) is 13.5. The summed E-state index contributed by atoms with van der Waals surface area (Å²) < 4.78 is 64.3. The van der Waals surface area contributed by atoms with E-state index in [0.717, 1.165) is 17.7 Å². The zero-order valence-electron chi connectivity index (χ0n) is 17.8. The number of benzene rings is 2. The maximum absolute atomic E-state index is 13.4. The molecule has 0 amide bonds. The minimum Gasteiger partial charge on any atom is -0.378 e. The van der Waals surface area contributed by atoms with Gasteiger partial charge in [0.2, 0.25) is 0 Å². The Kier molecular flexibility index (Phi) is 7.64. The molecule has 0 fully saturated rings. The summed E-state index contributed by atoms with van der Waals surface area (Å²) in [5.74, 6) is 0.151. The lowest BCUT2D eigenvalue weighted by molar-refractivity contribution is 0.479. The van der Waals surface area contributed by atoms with Gasteiger partial charge in [-0.2, -0.15) is 16.8 Å². The molecule has 0 spiro atoms. The van der Waals surface area contributed by atoms with Gasteiger partial charge in [0.15, 0.2) is 5.75 Å². The van der Waals surface area contributed by atoms with E-state index in [0.29, 0.717) is 11.1 Å². The van der Waals surface area contributed by atoms with Crippen LogP contribution >= 0.6 is 22.6 Å². The number of rotatable bonds is 7. The fourth-order valence-electron chi connectivity index (χ4n) is 3.05. The van der Waals surface area contributed by atoms with Crippen LogP contribution in [0.25, 0.3) is 0 Å². The van der Waals surface area contributed by atoms with Crippen LogP contribution in [-0.2, 0) is 20.2 Å². The first-order chi connectivity index (χ1) is 13.6. The fourth-order valence-corrected chi connectivity index (χ4v) is 6.17. The van der Waals surface area contributed by atoms with Crippen LogP contribution in [0.15, 0.2) is 40.1 Å². The molecule has 2 aromatic rings. The van der Waals surface area contributed by atoms with Crippen molar-refractivity contribution < 1.29 is 25.6 Å². The van der Waals surface area contributed by atoms with Crippen LogP contribution < -0.4 is 4.18 Å². The molecule has 0 bridgehead atoms. The van der Waals surface area contributed by atoms with E-state index in [-0.39, 0.29) is 36.9 Å². The lowest BCUT2D eigenvalue weighted by atomic mass is 9.89. The van der Waals surface area contributed by atoms with Crippen LogP contribution in [0.5, 0.6) is 5.75 Å². The van der Waals surface area contributed by atoms with Gasteiger partial charge in [-0.05, 0) is 75.2 Å². The number of halogens is 1. The van der Waals surface area contributed by atoms with Crippen LogP contribution in [-0.4, -0.2) is 21.4 Å². The lowest BCUT2D eigenvalue weighted by Gasteiger charge is -2.22. The molecule has 30 heavy (non-hydrogen) atoms. The summed E-state index contributed by atoms with van der Waals surface area (Å²) >= 11 is 1.78. The molecule has 0 unspecified atom stereocenters. The van der Waals surface area contributed by atoms with Crippen molar-refractivity contribution in [3.8, 4) is 5.75 Å². The molecule has 6 nitrogen and oxygen atoms in total. The topological polar surface area (TPSA) is 97.7 Å². The van der Waals surface area contributed by atoms with Gasteiger partial charge in [-0.1, -0.05) is 53.7 Å². The van der Waals surface area contributed by atoms with Gasteiger partial charge in [0, 0.05) is 0 Å². The second-order valence-corrected chi connectivity index (χ2v) is 12.2. The van der Waals surface area contributed by atoms with E-state index in [1.165, 1.54) is 6.07 Å². The molecular formula is C21H27IO6S2. The molecule has 0 aliphatic heterocycles. The molecule has 0 heterocycles. The molecule has 0 saturated heterocycles. The fraction of sp³-hybridized carbons (Fsp3) is 0.429. The lowest BCUT2D eigenvalue weighted by Crippen LogP contribution is -2.17. The van der Waals surface area contributed by atoms with Gasteiger partial charge >= 0.3 is 10.1 Å². The molecule has 0 atom stereocenters. The molecule has 0 aliphatic rings. The molecule has 0 aliphatic carbocycles. The Hall–Kier alpha value is -1.17. The van der Waals surface area contributed by atoms with E-state index in [4.69, 9.17) is 4.18 Å². The highest BCUT2D eigenvalue weighted by molar-refractivity contribution is 14.1. The van der Waals surface area contributed by atoms with E-state index in [9.17, 15) is 21.4 Å². The second-order valence-electron chi connectivity index (χ2n) is 8.10. The smallest absolute Gasteiger partial charge is 0.339 e. The maximum atomic E-state index is 13.4. The number of hydrogen-bond donors (Lipinski definition) is 1. The van der Waals surface area contributed by atoms with Crippen LogP contribution in [0.2, 0.25) is 0 Å². The largest absolute Gasteiger partial charge is 0.378 e. The average molecular weight is 566 g/mol. The van der Waals surface area contributed by atoms with Gasteiger partial charge in [0.1, 0.15) is 4.90 Å². The van der Waals surface area contributed by atoms with Crippen molar-refractivity contribution in [1.29, 1.82) is 0 Å². The second kappa shape index (κ2) is 9.13. The van der Waals surface area contributed by atoms with Crippen LogP contribution in [0, 0.1) is 3.57 Å². The zero-order valence-corrected chi connectivity index (χ0v) is 21.6. The van der Waals surface area contributed by atoms with Gasteiger partial charge in [0.25, 0.3) is 10.1 Å². The third kappa shape index (κ3) is 5.54. The number of hydrogen-bond acceptors (Lipinski definition) is 5. The first kappa shape index (κ1) is 25.1. The minimum atomic E-state index is -4.40. The SMILES string of the molecule is CC(C)c1cc(C(C)C)c(S(=O)(=O)Oc2ccc(S(=O)(=O)O)cc2I)c(C(C)C)c1. The Morgan fingerprint density at radius 2 is 1.33 bits per heavy atom. The monoisotopic (exact) mass is 566 g/mol. The van der Waals surface area contributed by atoms with E-state index >= 15 is 0 Å². The summed E-state index contributed by atoms with van der Waals surface area (Å²) in [4.78, 5) is -0.171. The van der Waals surface area contributed by atoms with Crippen LogP contribution in [0.4, 0.5) is 0 Å². The molecule has 0 radical (unpaired) electrons. The summed E-state index contributed by atoms with van der Waals surface area (Å²) in [7, 11) is -8.59. The Balaban J connectivity index is 2.67.